The van der Waals surface area contributed by atoms with Crippen molar-refractivity contribution >= 4 is 26.9 Å². The number of hydrogen-bond donors (Lipinski definition) is 3. The van der Waals surface area contributed by atoms with Gasteiger partial charge in [-0.05, 0) is 54.4 Å². The number of rotatable bonds is 7. The molecule has 2 aromatic carbocycles. The maximum Gasteiger partial charge on any atom is 0.303 e. The number of carbonyl (C=O) groups is 1. The van der Waals surface area contributed by atoms with Crippen molar-refractivity contribution in [3.05, 3.63) is 72.7 Å². The molecular weight excluding hydrogens is 436 g/mol. The smallest absolute Gasteiger partial charge is 0.303 e. The summed E-state index contributed by atoms with van der Waals surface area (Å²) in [5, 5.41) is 29.1. The lowest BCUT2D eigenvalue weighted by Crippen LogP contribution is -2.11. The molecule has 0 unspecified atom stereocenters. The van der Waals surface area contributed by atoms with Crippen LogP contribution >= 0.6 is 0 Å². The van der Waals surface area contributed by atoms with Crippen LogP contribution in [0.15, 0.2) is 72.0 Å². The van der Waals surface area contributed by atoms with E-state index in [1.807, 2.05) is 0 Å². The summed E-state index contributed by atoms with van der Waals surface area (Å²) in [4.78, 5) is 14.9. The van der Waals surface area contributed by atoms with Crippen LogP contribution in [0.5, 0.6) is 23.0 Å². The van der Waals surface area contributed by atoms with Crippen LogP contribution in [0.2, 0.25) is 0 Å². The van der Waals surface area contributed by atoms with Gasteiger partial charge in [0.25, 0.3) is 10.0 Å². The average molecular weight is 454 g/mol. The molecule has 9 nitrogen and oxygen atoms in total. The van der Waals surface area contributed by atoms with E-state index in [0.717, 1.165) is 10.0 Å². The van der Waals surface area contributed by atoms with E-state index in [9.17, 15) is 23.4 Å². The Morgan fingerprint density at radius 3 is 2.41 bits per heavy atom. The number of aromatic nitrogens is 2. The predicted molar refractivity (Wildman–Crippen MR) is 115 cm³/mol. The van der Waals surface area contributed by atoms with Gasteiger partial charge in [-0.1, -0.05) is 0 Å². The number of aryl methyl sites for hydroxylation is 1. The van der Waals surface area contributed by atoms with E-state index in [2.05, 4.69) is 4.98 Å². The standard InChI is InChI=1S/C22H18N2O7S/c25-20-10-18-14(3-8-22(27)28)13-24(19(18)11-21(20)26)32(29,30)17-6-4-15(5-7-17)31-16-2-1-9-23-12-16/h1-2,4-7,9-13,25-26H,3,8H2,(H,27,28). The Bertz CT molecular complexity index is 1400. The number of aliphatic carboxylic acids is 1. The van der Waals surface area contributed by atoms with Gasteiger partial charge in [0.15, 0.2) is 11.5 Å². The fourth-order valence-electron chi connectivity index (χ4n) is 3.26. The summed E-state index contributed by atoms with van der Waals surface area (Å²) in [5.74, 6) is -1.05. The van der Waals surface area contributed by atoms with Gasteiger partial charge in [0.1, 0.15) is 11.5 Å². The Balaban J connectivity index is 1.73. The van der Waals surface area contributed by atoms with Crippen molar-refractivity contribution in [1.29, 1.82) is 0 Å². The number of carboxylic acids is 1. The second-order valence-electron chi connectivity index (χ2n) is 6.97. The van der Waals surface area contributed by atoms with E-state index >= 15 is 0 Å². The monoisotopic (exact) mass is 454 g/mol. The molecule has 0 aliphatic rings. The van der Waals surface area contributed by atoms with E-state index in [-0.39, 0.29) is 23.3 Å². The van der Waals surface area contributed by atoms with Crippen molar-refractivity contribution in [2.45, 2.75) is 17.7 Å². The molecule has 0 spiro atoms. The molecule has 0 aliphatic carbocycles. The number of phenols is 2. The molecule has 3 N–H and O–H groups in total. The van der Waals surface area contributed by atoms with Crippen molar-refractivity contribution in [3.63, 3.8) is 0 Å². The molecule has 0 saturated carbocycles. The molecule has 2 heterocycles. The van der Waals surface area contributed by atoms with Crippen LogP contribution in [-0.2, 0) is 21.2 Å². The van der Waals surface area contributed by atoms with Gasteiger partial charge in [0.2, 0.25) is 0 Å². The van der Waals surface area contributed by atoms with E-state index in [4.69, 9.17) is 9.84 Å². The minimum atomic E-state index is -4.09. The molecule has 2 aromatic heterocycles. The third-order valence-corrected chi connectivity index (χ3v) is 6.50. The highest BCUT2D eigenvalue weighted by Gasteiger charge is 2.23. The Morgan fingerprint density at radius 2 is 1.75 bits per heavy atom. The van der Waals surface area contributed by atoms with Crippen LogP contribution < -0.4 is 4.74 Å². The Morgan fingerprint density at radius 1 is 1.03 bits per heavy atom. The molecular formula is C22H18N2O7S. The zero-order valence-corrected chi connectivity index (χ0v) is 17.4. The summed E-state index contributed by atoms with van der Waals surface area (Å²) in [6, 6.07) is 11.5. The van der Waals surface area contributed by atoms with Gasteiger partial charge >= 0.3 is 5.97 Å². The van der Waals surface area contributed by atoms with Crippen LogP contribution in [0, 0.1) is 0 Å². The zero-order valence-electron chi connectivity index (χ0n) is 16.5. The number of phenolic OH excluding ortho intramolecular Hbond substituents is 2. The normalized spacial score (nSPS) is 11.5. The molecule has 0 bridgehead atoms. The van der Waals surface area contributed by atoms with Gasteiger partial charge < -0.3 is 20.1 Å². The summed E-state index contributed by atoms with van der Waals surface area (Å²) < 4.78 is 33.2. The van der Waals surface area contributed by atoms with Crippen LogP contribution in [0.4, 0.5) is 0 Å². The minimum absolute atomic E-state index is 0.0368. The van der Waals surface area contributed by atoms with Crippen molar-refractivity contribution in [2.75, 3.05) is 0 Å². The number of hydrogen-bond acceptors (Lipinski definition) is 7. The van der Waals surface area contributed by atoms with E-state index in [0.29, 0.717) is 22.4 Å². The number of ether oxygens (including phenoxy) is 1. The quantitative estimate of drug-likeness (QED) is 0.361. The predicted octanol–water partition coefficient (Wildman–Crippen LogP) is 3.49. The molecule has 32 heavy (non-hydrogen) atoms. The third-order valence-electron chi connectivity index (χ3n) is 4.81. The van der Waals surface area contributed by atoms with E-state index < -0.39 is 27.5 Å². The first-order valence-electron chi connectivity index (χ1n) is 9.47. The maximum atomic E-state index is 13.3. The first-order chi connectivity index (χ1) is 15.3. The topological polar surface area (TPSA) is 139 Å². The molecule has 0 radical (unpaired) electrons. The van der Waals surface area contributed by atoms with Crippen molar-refractivity contribution in [1.82, 2.24) is 8.96 Å². The molecule has 164 valence electrons. The summed E-state index contributed by atoms with van der Waals surface area (Å²) in [7, 11) is -4.09. The van der Waals surface area contributed by atoms with Gasteiger partial charge in [0, 0.05) is 30.3 Å². The average Bonchev–Trinajstić information content (AvgIpc) is 3.12. The summed E-state index contributed by atoms with van der Waals surface area (Å²) >= 11 is 0. The molecule has 0 saturated heterocycles. The summed E-state index contributed by atoms with van der Waals surface area (Å²) in [5.41, 5.74) is 0.536. The van der Waals surface area contributed by atoms with Crippen LogP contribution in [0.1, 0.15) is 12.0 Å². The van der Waals surface area contributed by atoms with Gasteiger partial charge in [-0.25, -0.2) is 12.4 Å². The Kier molecular flexibility index (Phi) is 5.45. The van der Waals surface area contributed by atoms with Crippen LogP contribution in [0.3, 0.4) is 0 Å². The largest absolute Gasteiger partial charge is 0.504 e. The van der Waals surface area contributed by atoms with E-state index in [1.54, 1.807) is 18.3 Å². The molecule has 0 fully saturated rings. The number of fused-ring (bicyclic) bond motifs is 1. The molecule has 10 heteroatoms. The molecule has 0 aliphatic heterocycles. The van der Waals surface area contributed by atoms with Crippen molar-refractivity contribution < 1.29 is 33.3 Å². The van der Waals surface area contributed by atoms with Crippen molar-refractivity contribution in [2.24, 2.45) is 0 Å². The Labute approximate surface area is 182 Å². The maximum absolute atomic E-state index is 13.3. The zero-order chi connectivity index (χ0) is 22.9. The first-order valence-corrected chi connectivity index (χ1v) is 10.9. The van der Waals surface area contributed by atoms with Crippen LogP contribution in [0.25, 0.3) is 10.9 Å². The fourth-order valence-corrected chi connectivity index (χ4v) is 4.65. The number of carboxylic acid groups (broad SMARTS) is 1. The number of nitrogens with zero attached hydrogens (tertiary/aromatic N) is 2. The van der Waals surface area contributed by atoms with Crippen molar-refractivity contribution in [3.8, 4) is 23.0 Å². The Hall–Kier alpha value is -4.05. The van der Waals surface area contributed by atoms with Gasteiger partial charge in [-0.15, -0.1) is 0 Å². The van der Waals surface area contributed by atoms with Crippen LogP contribution in [-0.4, -0.2) is 38.7 Å². The second-order valence-corrected chi connectivity index (χ2v) is 8.78. The summed E-state index contributed by atoms with van der Waals surface area (Å²) in [6.45, 7) is 0. The number of benzene rings is 2. The number of pyridine rings is 1. The highest BCUT2D eigenvalue weighted by atomic mass is 32.2. The highest BCUT2D eigenvalue weighted by Crippen LogP contribution is 2.35. The lowest BCUT2D eigenvalue weighted by Gasteiger charge is -2.10. The van der Waals surface area contributed by atoms with E-state index in [1.165, 1.54) is 42.7 Å². The molecule has 0 amide bonds. The third kappa shape index (κ3) is 4.08. The first kappa shape index (κ1) is 21.2. The number of aromatic hydroxyl groups is 2. The lowest BCUT2D eigenvalue weighted by atomic mass is 10.1. The van der Waals surface area contributed by atoms with Gasteiger partial charge in [0.05, 0.1) is 16.6 Å². The minimum Gasteiger partial charge on any atom is -0.504 e. The lowest BCUT2D eigenvalue weighted by molar-refractivity contribution is -0.136. The van der Waals surface area contributed by atoms with Gasteiger partial charge in [-0.2, -0.15) is 0 Å². The molecule has 4 rings (SSSR count). The summed E-state index contributed by atoms with van der Waals surface area (Å²) in [6.07, 6.45) is 4.27. The fraction of sp³-hybridized carbons (Fsp3) is 0.0909. The van der Waals surface area contributed by atoms with Gasteiger partial charge in [-0.3, -0.25) is 9.78 Å². The second kappa shape index (κ2) is 8.23. The SMILES string of the molecule is O=C(O)CCc1cn(S(=O)(=O)c2ccc(Oc3cccnc3)cc2)c2cc(O)c(O)cc12. The molecule has 0 atom stereocenters. The highest BCUT2D eigenvalue weighted by molar-refractivity contribution is 7.90. The molecule has 4 aromatic rings.